The lowest BCUT2D eigenvalue weighted by molar-refractivity contribution is -0.130. The number of amides is 2. The second-order valence-electron chi connectivity index (χ2n) is 5.23. The van der Waals surface area contributed by atoms with Crippen molar-refractivity contribution < 1.29 is 9.59 Å². The van der Waals surface area contributed by atoms with Crippen LogP contribution in [0.2, 0.25) is 0 Å². The molecule has 0 radical (unpaired) electrons. The molecule has 2 unspecified atom stereocenters. The molecule has 18 heavy (non-hydrogen) atoms. The van der Waals surface area contributed by atoms with Gasteiger partial charge in [0.25, 0.3) is 0 Å². The van der Waals surface area contributed by atoms with Gasteiger partial charge in [0, 0.05) is 6.54 Å². The highest BCUT2D eigenvalue weighted by atomic mass is 16.2. The van der Waals surface area contributed by atoms with E-state index >= 15 is 0 Å². The Morgan fingerprint density at radius 3 is 2.61 bits per heavy atom. The van der Waals surface area contributed by atoms with Gasteiger partial charge in [-0.1, -0.05) is 13.8 Å². The Hall–Kier alpha value is -1.10. The maximum Gasteiger partial charge on any atom is 0.242 e. The lowest BCUT2D eigenvalue weighted by Crippen LogP contribution is -2.51. The molecule has 0 bridgehead atoms. The summed E-state index contributed by atoms with van der Waals surface area (Å²) in [5.41, 5.74) is 0. The third-order valence-corrected chi connectivity index (χ3v) is 3.07. The molecule has 5 heteroatoms. The number of carbonyl (C=O) groups is 2. The van der Waals surface area contributed by atoms with Crippen molar-refractivity contribution in [2.75, 3.05) is 13.1 Å². The molecule has 1 fully saturated rings. The molecule has 104 valence electrons. The maximum absolute atomic E-state index is 12.0. The van der Waals surface area contributed by atoms with Gasteiger partial charge in [-0.2, -0.15) is 0 Å². The smallest absolute Gasteiger partial charge is 0.242 e. The lowest BCUT2D eigenvalue weighted by Gasteiger charge is -2.21. The minimum Gasteiger partial charge on any atom is -0.355 e. The van der Waals surface area contributed by atoms with Gasteiger partial charge in [0.2, 0.25) is 11.8 Å². The van der Waals surface area contributed by atoms with Crippen LogP contribution in [0.5, 0.6) is 0 Å². The first-order valence-corrected chi connectivity index (χ1v) is 6.86. The number of hydrogen-bond acceptors (Lipinski definition) is 3. The van der Waals surface area contributed by atoms with E-state index in [1.165, 1.54) is 0 Å². The monoisotopic (exact) mass is 255 g/mol. The highest BCUT2D eigenvalue weighted by molar-refractivity contribution is 5.89. The third-order valence-electron chi connectivity index (χ3n) is 3.07. The number of hydrogen-bond donors (Lipinski definition) is 3. The summed E-state index contributed by atoms with van der Waals surface area (Å²) in [6.07, 6.45) is 2.55. The van der Waals surface area contributed by atoms with Gasteiger partial charge in [0.15, 0.2) is 0 Å². The van der Waals surface area contributed by atoms with E-state index in [1.54, 1.807) is 0 Å². The van der Waals surface area contributed by atoms with E-state index in [-0.39, 0.29) is 17.9 Å². The second-order valence-corrected chi connectivity index (χ2v) is 5.23. The minimum absolute atomic E-state index is 0.0515. The van der Waals surface area contributed by atoms with E-state index in [0.29, 0.717) is 18.9 Å². The summed E-state index contributed by atoms with van der Waals surface area (Å²) < 4.78 is 0. The summed E-state index contributed by atoms with van der Waals surface area (Å²) in [4.78, 5) is 23.9. The molecule has 0 saturated carbocycles. The van der Waals surface area contributed by atoms with Crippen molar-refractivity contribution in [2.24, 2.45) is 5.92 Å². The standard InChI is InChI=1S/C13H25N3O2/c1-4-14-12(17)11(8-9(2)3)16-13(18)10-6-5-7-15-10/h9-11,15H,4-8H2,1-3H3,(H,14,17)(H,16,18). The summed E-state index contributed by atoms with van der Waals surface area (Å²) >= 11 is 0. The average Bonchev–Trinajstić information content (AvgIpc) is 2.81. The zero-order chi connectivity index (χ0) is 13.5. The zero-order valence-corrected chi connectivity index (χ0v) is 11.6. The van der Waals surface area contributed by atoms with Crippen LogP contribution >= 0.6 is 0 Å². The maximum atomic E-state index is 12.0. The summed E-state index contributed by atoms with van der Waals surface area (Å²) in [6, 6.07) is -0.547. The summed E-state index contributed by atoms with van der Waals surface area (Å²) in [5, 5.41) is 8.78. The van der Waals surface area contributed by atoms with Crippen LogP contribution in [0, 0.1) is 5.92 Å². The molecule has 0 aromatic rings. The van der Waals surface area contributed by atoms with Crippen molar-refractivity contribution in [1.82, 2.24) is 16.0 Å². The Bertz CT molecular complexity index is 286. The van der Waals surface area contributed by atoms with Crippen molar-refractivity contribution in [3.05, 3.63) is 0 Å². The normalized spacial score (nSPS) is 20.8. The molecule has 2 amide bonds. The number of rotatable bonds is 6. The fraction of sp³-hybridized carbons (Fsp3) is 0.846. The molecule has 1 aliphatic rings. The van der Waals surface area contributed by atoms with E-state index in [9.17, 15) is 9.59 Å². The van der Waals surface area contributed by atoms with E-state index in [2.05, 4.69) is 16.0 Å². The summed E-state index contributed by atoms with van der Waals surface area (Å²) in [7, 11) is 0. The van der Waals surface area contributed by atoms with E-state index < -0.39 is 6.04 Å². The van der Waals surface area contributed by atoms with Crippen molar-refractivity contribution in [2.45, 2.75) is 52.1 Å². The van der Waals surface area contributed by atoms with Crippen molar-refractivity contribution in [3.8, 4) is 0 Å². The first-order chi connectivity index (χ1) is 8.54. The van der Waals surface area contributed by atoms with Gasteiger partial charge in [-0.3, -0.25) is 9.59 Å². The van der Waals surface area contributed by atoms with Crippen LogP contribution in [0.3, 0.4) is 0 Å². The van der Waals surface area contributed by atoms with Crippen molar-refractivity contribution in [3.63, 3.8) is 0 Å². The molecule has 0 spiro atoms. The van der Waals surface area contributed by atoms with Gasteiger partial charge < -0.3 is 16.0 Å². The fourth-order valence-electron chi connectivity index (χ4n) is 2.18. The second kappa shape index (κ2) is 7.36. The average molecular weight is 255 g/mol. The number of carbonyl (C=O) groups excluding carboxylic acids is 2. The topological polar surface area (TPSA) is 70.2 Å². The highest BCUT2D eigenvalue weighted by Crippen LogP contribution is 2.08. The van der Waals surface area contributed by atoms with Crippen molar-refractivity contribution in [1.29, 1.82) is 0 Å². The van der Waals surface area contributed by atoms with Gasteiger partial charge >= 0.3 is 0 Å². The molecule has 3 N–H and O–H groups in total. The Kier molecular flexibility index (Phi) is 6.12. The molecule has 1 heterocycles. The van der Waals surface area contributed by atoms with Crippen LogP contribution in [0.1, 0.15) is 40.0 Å². The number of nitrogens with one attached hydrogen (secondary N) is 3. The Morgan fingerprint density at radius 1 is 1.39 bits per heavy atom. The van der Waals surface area contributed by atoms with E-state index in [0.717, 1.165) is 19.4 Å². The number of likely N-dealkylation sites (N-methyl/N-ethyl adjacent to an activating group) is 1. The molecular formula is C13H25N3O2. The molecule has 1 rings (SSSR count). The summed E-state index contributed by atoms with van der Waals surface area (Å²) in [5.74, 6) is 0.233. The van der Waals surface area contributed by atoms with Crippen LogP contribution in [0.15, 0.2) is 0 Å². The Labute approximate surface area is 109 Å². The quantitative estimate of drug-likeness (QED) is 0.643. The van der Waals surface area contributed by atoms with Crippen LogP contribution in [0.4, 0.5) is 0 Å². The highest BCUT2D eigenvalue weighted by Gasteiger charge is 2.27. The van der Waals surface area contributed by atoms with Crippen molar-refractivity contribution >= 4 is 11.8 Å². The zero-order valence-electron chi connectivity index (χ0n) is 11.6. The van der Waals surface area contributed by atoms with Crippen LogP contribution in [-0.4, -0.2) is 37.0 Å². The van der Waals surface area contributed by atoms with Gasteiger partial charge in [-0.25, -0.2) is 0 Å². The Balaban J connectivity index is 2.53. The van der Waals surface area contributed by atoms with Crippen LogP contribution in [-0.2, 0) is 9.59 Å². The van der Waals surface area contributed by atoms with Gasteiger partial charge in [0.1, 0.15) is 6.04 Å². The van der Waals surface area contributed by atoms with E-state index in [4.69, 9.17) is 0 Å². The van der Waals surface area contributed by atoms with Gasteiger partial charge in [-0.05, 0) is 38.6 Å². The lowest BCUT2D eigenvalue weighted by atomic mass is 10.0. The predicted octanol–water partition coefficient (Wildman–Crippen LogP) is 0.405. The fourth-order valence-corrected chi connectivity index (χ4v) is 2.18. The third kappa shape index (κ3) is 4.64. The SMILES string of the molecule is CCNC(=O)C(CC(C)C)NC(=O)C1CCCN1. The molecule has 0 aromatic heterocycles. The van der Waals surface area contributed by atoms with Crippen LogP contribution in [0.25, 0.3) is 0 Å². The Morgan fingerprint density at radius 2 is 2.11 bits per heavy atom. The van der Waals surface area contributed by atoms with E-state index in [1.807, 2.05) is 20.8 Å². The molecule has 0 aromatic carbocycles. The molecule has 2 atom stereocenters. The molecule has 1 aliphatic heterocycles. The largest absolute Gasteiger partial charge is 0.355 e. The molecular weight excluding hydrogens is 230 g/mol. The first kappa shape index (κ1) is 15.0. The minimum atomic E-state index is -0.417. The molecule has 0 aliphatic carbocycles. The van der Waals surface area contributed by atoms with Gasteiger partial charge in [0.05, 0.1) is 6.04 Å². The predicted molar refractivity (Wildman–Crippen MR) is 71.1 cm³/mol. The molecule has 5 nitrogen and oxygen atoms in total. The first-order valence-electron chi connectivity index (χ1n) is 6.86. The summed E-state index contributed by atoms with van der Waals surface area (Å²) in [6.45, 7) is 7.45. The van der Waals surface area contributed by atoms with Gasteiger partial charge in [-0.15, -0.1) is 0 Å². The van der Waals surface area contributed by atoms with Crippen LogP contribution < -0.4 is 16.0 Å². The molecule has 1 saturated heterocycles.